The van der Waals surface area contributed by atoms with Gasteiger partial charge in [-0.25, -0.2) is 9.78 Å². The van der Waals surface area contributed by atoms with E-state index in [-0.39, 0.29) is 23.2 Å². The van der Waals surface area contributed by atoms with E-state index >= 15 is 0 Å². The van der Waals surface area contributed by atoms with E-state index in [2.05, 4.69) is 59.8 Å². The van der Waals surface area contributed by atoms with Crippen molar-refractivity contribution in [3.05, 3.63) is 23.8 Å². The number of hydrogen-bond acceptors (Lipinski definition) is 3. The van der Waals surface area contributed by atoms with Gasteiger partial charge in [-0.2, -0.15) is 0 Å². The second-order valence-electron chi connectivity index (χ2n) is 12.6. The van der Waals surface area contributed by atoms with Gasteiger partial charge >= 0.3 is 0 Å². The van der Waals surface area contributed by atoms with Crippen LogP contribution in [0.4, 0.5) is 0 Å². The maximum absolute atomic E-state index is 10.4. The highest BCUT2D eigenvalue weighted by atomic mass is 17.2. The van der Waals surface area contributed by atoms with Gasteiger partial charge in [-0.05, 0) is 91.6 Å². The van der Waals surface area contributed by atoms with E-state index in [0.29, 0.717) is 35.0 Å². The van der Waals surface area contributed by atoms with Crippen molar-refractivity contribution in [3.8, 4) is 0 Å². The number of aliphatic hydroxyl groups excluding tert-OH is 1. The van der Waals surface area contributed by atoms with Crippen molar-refractivity contribution in [2.75, 3.05) is 0 Å². The van der Waals surface area contributed by atoms with Crippen LogP contribution >= 0.6 is 0 Å². The van der Waals surface area contributed by atoms with Crippen LogP contribution in [0, 0.1) is 46.3 Å². The summed E-state index contributed by atoms with van der Waals surface area (Å²) in [5.74, 6) is 3.70. The fraction of sp³-hybridized carbons (Fsp3) is 0.857. The molecule has 6 rings (SSSR count). The van der Waals surface area contributed by atoms with Crippen LogP contribution in [0.25, 0.3) is 0 Å². The highest BCUT2D eigenvalue weighted by molar-refractivity contribution is 5.38. The quantitative estimate of drug-likeness (QED) is 0.412. The average molecular weight is 429 g/mol. The fourth-order valence-electron chi connectivity index (χ4n) is 8.47. The predicted octanol–water partition coefficient (Wildman–Crippen LogP) is 6.47. The van der Waals surface area contributed by atoms with E-state index in [9.17, 15) is 5.11 Å². The number of hydrogen-bond donors (Lipinski definition) is 1. The normalized spacial score (nSPS) is 50.7. The molecule has 3 heteroatoms. The van der Waals surface area contributed by atoms with Gasteiger partial charge in [-0.3, -0.25) is 0 Å². The number of rotatable bonds is 4. The molecule has 0 radical (unpaired) electrons. The van der Waals surface area contributed by atoms with Crippen LogP contribution in [0.15, 0.2) is 23.8 Å². The molecular formula is C28H44O3. The molecular weight excluding hydrogens is 384 g/mol. The summed E-state index contributed by atoms with van der Waals surface area (Å²) in [6.07, 6.45) is 15.0. The molecule has 0 aromatic carbocycles. The van der Waals surface area contributed by atoms with Crippen molar-refractivity contribution >= 4 is 0 Å². The third-order valence-corrected chi connectivity index (χ3v) is 11.0. The average Bonchev–Trinajstić information content (AvgIpc) is 3.10. The van der Waals surface area contributed by atoms with Gasteiger partial charge in [0.1, 0.15) is 11.7 Å². The third kappa shape index (κ3) is 3.02. The smallest absolute Gasteiger partial charge is 0.131 e. The number of fused-ring (bicyclic) bond motifs is 2. The molecule has 3 saturated carbocycles. The fourth-order valence-corrected chi connectivity index (χ4v) is 8.47. The molecule has 2 heterocycles. The molecule has 1 N–H and O–H groups in total. The lowest BCUT2D eigenvalue weighted by Crippen LogP contribution is -2.68. The van der Waals surface area contributed by atoms with Crippen molar-refractivity contribution < 1.29 is 14.9 Å². The molecule has 6 aliphatic rings. The van der Waals surface area contributed by atoms with E-state index < -0.39 is 0 Å². The molecule has 4 fully saturated rings. The van der Waals surface area contributed by atoms with Gasteiger partial charge in [-0.15, -0.1) is 0 Å². The Morgan fingerprint density at radius 3 is 2.55 bits per heavy atom. The maximum atomic E-state index is 10.4. The van der Waals surface area contributed by atoms with Crippen molar-refractivity contribution in [2.24, 2.45) is 46.3 Å². The van der Waals surface area contributed by atoms with Gasteiger partial charge in [0.25, 0.3) is 0 Å². The molecule has 10 atom stereocenters. The van der Waals surface area contributed by atoms with E-state index in [4.69, 9.17) is 9.78 Å². The molecule has 1 saturated heterocycles. The maximum Gasteiger partial charge on any atom is 0.131 e. The zero-order valence-electron chi connectivity index (χ0n) is 20.6. The molecule has 3 nitrogen and oxygen atoms in total. The van der Waals surface area contributed by atoms with Gasteiger partial charge in [0, 0.05) is 11.3 Å². The topological polar surface area (TPSA) is 38.7 Å². The molecule has 4 aliphatic carbocycles. The number of allylic oxidation sites excluding steroid dienone is 2. The summed E-state index contributed by atoms with van der Waals surface area (Å²) >= 11 is 0. The summed E-state index contributed by atoms with van der Waals surface area (Å²) in [5.41, 5.74) is 1.75. The van der Waals surface area contributed by atoms with E-state index in [1.807, 2.05) is 0 Å². The first-order chi connectivity index (χ1) is 14.6. The third-order valence-electron chi connectivity index (χ3n) is 11.0. The summed E-state index contributed by atoms with van der Waals surface area (Å²) in [5, 5.41) is 10.4. The molecule has 0 aromatic rings. The monoisotopic (exact) mass is 428 g/mol. The molecule has 3 unspecified atom stereocenters. The Labute approximate surface area is 189 Å². The van der Waals surface area contributed by atoms with Crippen LogP contribution in [0.5, 0.6) is 0 Å². The molecule has 2 aliphatic heterocycles. The zero-order valence-corrected chi connectivity index (χ0v) is 20.6. The van der Waals surface area contributed by atoms with Crippen molar-refractivity contribution in [2.45, 2.75) is 104 Å². The van der Waals surface area contributed by atoms with Gasteiger partial charge in [0.05, 0.1) is 6.10 Å². The largest absolute Gasteiger partial charge is 0.393 e. The van der Waals surface area contributed by atoms with Gasteiger partial charge in [0.2, 0.25) is 0 Å². The number of aliphatic hydroxyl groups is 1. The lowest BCUT2D eigenvalue weighted by atomic mass is 9.44. The molecule has 0 aromatic heterocycles. The van der Waals surface area contributed by atoms with Crippen LogP contribution in [-0.2, 0) is 9.78 Å². The van der Waals surface area contributed by atoms with Crippen LogP contribution in [0.3, 0.4) is 0 Å². The minimum Gasteiger partial charge on any atom is -0.393 e. The Bertz CT molecular complexity index is 770. The molecule has 174 valence electrons. The molecule has 0 amide bonds. The summed E-state index contributed by atoms with van der Waals surface area (Å²) in [6, 6.07) is 0. The first-order valence-corrected chi connectivity index (χ1v) is 13.1. The second-order valence-corrected chi connectivity index (χ2v) is 12.6. The Balaban J connectivity index is 1.44. The lowest BCUT2D eigenvalue weighted by Gasteiger charge is -2.66. The highest BCUT2D eigenvalue weighted by Crippen LogP contribution is 2.71. The minimum absolute atomic E-state index is 0.0161. The minimum atomic E-state index is -0.267. The summed E-state index contributed by atoms with van der Waals surface area (Å²) in [6.45, 7) is 14.5. The lowest BCUT2D eigenvalue weighted by molar-refractivity contribution is -0.458. The Morgan fingerprint density at radius 1 is 1.03 bits per heavy atom. The van der Waals surface area contributed by atoms with E-state index in [0.717, 1.165) is 31.6 Å². The zero-order chi connectivity index (χ0) is 22.2. The first-order valence-electron chi connectivity index (χ1n) is 13.1. The van der Waals surface area contributed by atoms with E-state index in [1.165, 1.54) is 19.3 Å². The summed E-state index contributed by atoms with van der Waals surface area (Å²) < 4.78 is 0. The van der Waals surface area contributed by atoms with Crippen LogP contribution < -0.4 is 0 Å². The van der Waals surface area contributed by atoms with Crippen molar-refractivity contribution in [3.63, 3.8) is 0 Å². The highest BCUT2D eigenvalue weighted by Gasteiger charge is 2.70. The Morgan fingerprint density at radius 2 is 1.81 bits per heavy atom. The van der Waals surface area contributed by atoms with Crippen LogP contribution in [0.1, 0.15) is 86.5 Å². The van der Waals surface area contributed by atoms with Gasteiger partial charge in [-0.1, -0.05) is 53.7 Å². The second kappa shape index (κ2) is 7.43. The Kier molecular flexibility index (Phi) is 5.32. The SMILES string of the molecule is CC(C)[C@@H](C)/C=C/[C@@H](C)[C@H]1CC[C@H]2C3=CC4OOC3(CC[C@]12C)[C@@]1(C)CC[C@H](O)CC41. The summed E-state index contributed by atoms with van der Waals surface area (Å²) in [4.78, 5) is 12.3. The van der Waals surface area contributed by atoms with Crippen molar-refractivity contribution in [1.29, 1.82) is 0 Å². The van der Waals surface area contributed by atoms with Gasteiger partial charge in [0.15, 0.2) is 0 Å². The van der Waals surface area contributed by atoms with Crippen LogP contribution in [0.2, 0.25) is 0 Å². The van der Waals surface area contributed by atoms with Crippen LogP contribution in [-0.4, -0.2) is 22.9 Å². The molecule has 1 spiro atoms. The van der Waals surface area contributed by atoms with Crippen molar-refractivity contribution in [1.82, 2.24) is 0 Å². The molecule has 2 bridgehead atoms. The first kappa shape index (κ1) is 22.2. The predicted molar refractivity (Wildman–Crippen MR) is 124 cm³/mol. The van der Waals surface area contributed by atoms with E-state index in [1.54, 1.807) is 5.57 Å². The summed E-state index contributed by atoms with van der Waals surface area (Å²) in [7, 11) is 0. The Hall–Kier alpha value is -0.640. The van der Waals surface area contributed by atoms with Gasteiger partial charge < -0.3 is 5.11 Å². The molecule has 31 heavy (non-hydrogen) atoms. The standard InChI is InChI=1S/C28H44O3/c1-17(2)18(3)7-8-19(4)21-9-10-22-23-16-25-24-15-20(29)11-12-27(24,6)28(23,31-30-25)14-13-26(21,22)5/h7-8,16-22,24-25,29H,9-15H2,1-6H3/b8-7+/t18-,19+,20-,21+,22-,24?,25?,26+,27-,28?/m0/s1.